The summed E-state index contributed by atoms with van der Waals surface area (Å²) in [6, 6.07) is 16.3. The van der Waals surface area contributed by atoms with Gasteiger partial charge in [0.1, 0.15) is 5.75 Å². The van der Waals surface area contributed by atoms with Crippen LogP contribution in [0.1, 0.15) is 49.3 Å². The second-order valence-electron chi connectivity index (χ2n) is 7.50. The molecule has 2 aromatic carbocycles. The number of amides is 1. The predicted molar refractivity (Wildman–Crippen MR) is 110 cm³/mol. The number of likely N-dealkylation sites (N-methyl/N-ethyl adjacent to an activating group) is 1. The zero-order chi connectivity index (χ0) is 19.7. The van der Waals surface area contributed by atoms with Crippen LogP contribution in [-0.2, 0) is 4.79 Å². The minimum Gasteiger partial charge on any atom is -0.497 e. The fourth-order valence-electron chi connectivity index (χ4n) is 4.22. The minimum atomic E-state index is -0.240. The van der Waals surface area contributed by atoms with Gasteiger partial charge in [0, 0.05) is 29.9 Å². The summed E-state index contributed by atoms with van der Waals surface area (Å²) < 4.78 is 5.38. The Morgan fingerprint density at radius 2 is 2.00 bits per heavy atom. The SMILES string of the molecule is CCN1c2cc(OC)ccc2C(C#N)C1c1ccc(NC(=O)C2CCC2)cc1. The summed E-state index contributed by atoms with van der Waals surface area (Å²) in [4.78, 5) is 14.4. The van der Waals surface area contributed by atoms with Crippen molar-refractivity contribution < 1.29 is 9.53 Å². The van der Waals surface area contributed by atoms with Crippen molar-refractivity contribution in [3.8, 4) is 11.8 Å². The number of carbonyl (C=O) groups excluding carboxylic acids is 1. The summed E-state index contributed by atoms with van der Waals surface area (Å²) >= 11 is 0. The number of nitrogens with zero attached hydrogens (tertiary/aromatic N) is 2. The summed E-state index contributed by atoms with van der Waals surface area (Å²) in [6.07, 6.45) is 3.12. The molecule has 144 valence electrons. The average Bonchev–Trinajstić information content (AvgIpc) is 2.99. The van der Waals surface area contributed by atoms with Crippen LogP contribution in [-0.4, -0.2) is 19.6 Å². The summed E-state index contributed by atoms with van der Waals surface area (Å²) in [5.74, 6) is 0.835. The summed E-state index contributed by atoms with van der Waals surface area (Å²) in [7, 11) is 1.66. The highest BCUT2D eigenvalue weighted by molar-refractivity contribution is 5.93. The highest BCUT2D eigenvalue weighted by Gasteiger charge is 2.39. The van der Waals surface area contributed by atoms with Crippen molar-refractivity contribution in [2.75, 3.05) is 23.9 Å². The maximum atomic E-state index is 12.2. The van der Waals surface area contributed by atoms with E-state index in [1.807, 2.05) is 42.5 Å². The number of carbonyl (C=O) groups is 1. The molecule has 1 saturated carbocycles. The van der Waals surface area contributed by atoms with Gasteiger partial charge in [0.2, 0.25) is 5.91 Å². The molecule has 5 nitrogen and oxygen atoms in total. The van der Waals surface area contributed by atoms with Crippen LogP contribution in [0.25, 0.3) is 0 Å². The van der Waals surface area contributed by atoms with E-state index in [1.165, 1.54) is 0 Å². The number of ether oxygens (including phenoxy) is 1. The lowest BCUT2D eigenvalue weighted by atomic mass is 9.85. The topological polar surface area (TPSA) is 65.4 Å². The largest absolute Gasteiger partial charge is 0.497 e. The summed E-state index contributed by atoms with van der Waals surface area (Å²) in [5, 5.41) is 12.9. The zero-order valence-electron chi connectivity index (χ0n) is 16.3. The Bertz CT molecular complexity index is 912. The molecule has 0 aromatic heterocycles. The molecule has 4 rings (SSSR count). The Balaban J connectivity index is 1.60. The van der Waals surface area contributed by atoms with Gasteiger partial charge in [-0.3, -0.25) is 4.79 Å². The van der Waals surface area contributed by atoms with Crippen LogP contribution in [0.5, 0.6) is 5.75 Å². The molecule has 1 aliphatic heterocycles. The van der Waals surface area contributed by atoms with Crippen LogP contribution in [0.4, 0.5) is 11.4 Å². The van der Waals surface area contributed by atoms with E-state index < -0.39 is 0 Å². The van der Waals surface area contributed by atoms with Gasteiger partial charge in [0.05, 0.1) is 25.1 Å². The first-order valence-corrected chi connectivity index (χ1v) is 9.91. The van der Waals surface area contributed by atoms with Crippen LogP contribution in [0, 0.1) is 17.2 Å². The fourth-order valence-corrected chi connectivity index (χ4v) is 4.22. The first-order chi connectivity index (χ1) is 13.7. The lowest BCUT2D eigenvalue weighted by Gasteiger charge is -2.28. The van der Waals surface area contributed by atoms with E-state index in [1.54, 1.807) is 7.11 Å². The van der Waals surface area contributed by atoms with Gasteiger partial charge in [0.15, 0.2) is 0 Å². The molecule has 1 heterocycles. The molecule has 0 radical (unpaired) electrons. The third kappa shape index (κ3) is 3.09. The van der Waals surface area contributed by atoms with Crippen molar-refractivity contribution in [1.82, 2.24) is 0 Å². The van der Waals surface area contributed by atoms with Gasteiger partial charge in [-0.15, -0.1) is 0 Å². The molecule has 2 unspecified atom stereocenters. The monoisotopic (exact) mass is 375 g/mol. The third-order valence-corrected chi connectivity index (χ3v) is 6.01. The summed E-state index contributed by atoms with van der Waals surface area (Å²) in [6.45, 7) is 2.90. The highest BCUT2D eigenvalue weighted by Crippen LogP contribution is 2.49. The van der Waals surface area contributed by atoms with E-state index in [0.717, 1.165) is 54.1 Å². The number of hydrogen-bond donors (Lipinski definition) is 1. The van der Waals surface area contributed by atoms with Gasteiger partial charge in [-0.1, -0.05) is 24.6 Å². The van der Waals surface area contributed by atoms with Crippen LogP contribution >= 0.6 is 0 Å². The number of anilines is 2. The van der Waals surface area contributed by atoms with Crippen molar-refractivity contribution >= 4 is 17.3 Å². The minimum absolute atomic E-state index is 0.0477. The Labute approximate surface area is 165 Å². The second kappa shape index (κ2) is 7.55. The highest BCUT2D eigenvalue weighted by atomic mass is 16.5. The number of fused-ring (bicyclic) bond motifs is 1. The molecular weight excluding hydrogens is 350 g/mol. The first-order valence-electron chi connectivity index (χ1n) is 9.91. The molecule has 0 bridgehead atoms. The summed E-state index contributed by atoms with van der Waals surface area (Å²) in [5.41, 5.74) is 3.98. The number of nitriles is 1. The molecule has 1 N–H and O–H groups in total. The number of methoxy groups -OCH3 is 1. The zero-order valence-corrected chi connectivity index (χ0v) is 16.3. The van der Waals surface area contributed by atoms with Gasteiger partial charge < -0.3 is 15.0 Å². The van der Waals surface area contributed by atoms with E-state index in [4.69, 9.17) is 4.74 Å². The van der Waals surface area contributed by atoms with E-state index >= 15 is 0 Å². The molecule has 2 aliphatic rings. The molecule has 28 heavy (non-hydrogen) atoms. The molecular formula is C23H25N3O2. The van der Waals surface area contributed by atoms with E-state index in [2.05, 4.69) is 23.2 Å². The van der Waals surface area contributed by atoms with Crippen molar-refractivity contribution in [3.05, 3.63) is 53.6 Å². The van der Waals surface area contributed by atoms with Crippen LogP contribution in [0.2, 0.25) is 0 Å². The maximum absolute atomic E-state index is 12.2. The molecule has 1 amide bonds. The lowest BCUT2D eigenvalue weighted by molar-refractivity contribution is -0.122. The van der Waals surface area contributed by atoms with Gasteiger partial charge >= 0.3 is 0 Å². The predicted octanol–water partition coefficient (Wildman–Crippen LogP) is 4.62. The molecule has 5 heteroatoms. The number of rotatable bonds is 5. The Morgan fingerprint density at radius 1 is 1.25 bits per heavy atom. The fraction of sp³-hybridized carbons (Fsp3) is 0.391. The lowest BCUT2D eigenvalue weighted by Crippen LogP contribution is -2.28. The Hall–Kier alpha value is -3.00. The van der Waals surface area contributed by atoms with Crippen molar-refractivity contribution in [1.29, 1.82) is 5.26 Å². The van der Waals surface area contributed by atoms with Gasteiger partial charge in [-0.2, -0.15) is 5.26 Å². The van der Waals surface area contributed by atoms with Crippen molar-refractivity contribution in [2.45, 2.75) is 38.1 Å². The van der Waals surface area contributed by atoms with Crippen LogP contribution in [0.3, 0.4) is 0 Å². The van der Waals surface area contributed by atoms with Crippen LogP contribution in [0.15, 0.2) is 42.5 Å². The molecule has 1 fully saturated rings. The molecule has 0 spiro atoms. The smallest absolute Gasteiger partial charge is 0.227 e. The van der Waals surface area contributed by atoms with E-state index in [-0.39, 0.29) is 23.8 Å². The third-order valence-electron chi connectivity index (χ3n) is 6.01. The molecule has 1 aliphatic carbocycles. The molecule has 2 atom stereocenters. The maximum Gasteiger partial charge on any atom is 0.227 e. The second-order valence-corrected chi connectivity index (χ2v) is 7.50. The van der Waals surface area contributed by atoms with E-state index in [0.29, 0.717) is 0 Å². The van der Waals surface area contributed by atoms with Gasteiger partial charge in [-0.05, 0) is 49.1 Å². The standard InChI is InChI=1S/C23H25N3O2/c1-3-26-21-13-18(28-2)11-12-19(21)20(14-24)22(26)15-7-9-17(10-8-15)25-23(27)16-5-4-6-16/h7-13,16,20,22H,3-6H2,1-2H3,(H,25,27). The number of hydrogen-bond acceptors (Lipinski definition) is 4. The van der Waals surface area contributed by atoms with Gasteiger partial charge in [0.25, 0.3) is 0 Å². The quantitative estimate of drug-likeness (QED) is 0.828. The number of benzene rings is 2. The average molecular weight is 375 g/mol. The van der Waals surface area contributed by atoms with Crippen molar-refractivity contribution in [3.63, 3.8) is 0 Å². The van der Waals surface area contributed by atoms with Gasteiger partial charge in [-0.25, -0.2) is 0 Å². The Morgan fingerprint density at radius 3 is 2.57 bits per heavy atom. The van der Waals surface area contributed by atoms with Crippen molar-refractivity contribution in [2.24, 2.45) is 5.92 Å². The number of nitrogens with one attached hydrogen (secondary N) is 1. The Kier molecular flexibility index (Phi) is 4.95. The first kappa shape index (κ1) is 18.4. The molecule has 0 saturated heterocycles. The normalized spacial score (nSPS) is 20.8. The van der Waals surface area contributed by atoms with Crippen LogP contribution < -0.4 is 15.0 Å². The molecule has 2 aromatic rings. The van der Waals surface area contributed by atoms with E-state index in [9.17, 15) is 10.1 Å².